The van der Waals surface area contributed by atoms with E-state index in [-0.39, 0.29) is 6.42 Å². The number of carbonyl (C=O) groups is 1. The highest BCUT2D eigenvalue weighted by atomic mass is 32.2. The van der Waals surface area contributed by atoms with Crippen LogP contribution in [0.1, 0.15) is 104 Å². The smallest absolute Gasteiger partial charge is 0.267 e. The number of rotatable bonds is 21. The first kappa shape index (κ1) is 31.8. The molecule has 0 spiro atoms. The molecule has 3 atom stereocenters. The van der Waals surface area contributed by atoms with Crippen molar-refractivity contribution in [3.63, 3.8) is 0 Å². The number of hydrogen-bond donors (Lipinski definition) is 4. The molecule has 3 unspecified atom stereocenters. The molecule has 7 nitrogen and oxygen atoms in total. The molecule has 0 bridgehead atoms. The summed E-state index contributed by atoms with van der Waals surface area (Å²) in [6.45, 7) is 4.33. The third-order valence-corrected chi connectivity index (χ3v) is 6.27. The van der Waals surface area contributed by atoms with Gasteiger partial charge in [0.25, 0.3) is 10.1 Å². The van der Waals surface area contributed by atoms with E-state index in [9.17, 15) is 28.0 Å². The molecule has 33 heavy (non-hydrogen) atoms. The van der Waals surface area contributed by atoms with Gasteiger partial charge in [-0.25, -0.2) is 0 Å². The summed E-state index contributed by atoms with van der Waals surface area (Å²) in [7, 11) is -4.42. The van der Waals surface area contributed by atoms with Crippen LogP contribution in [0.15, 0.2) is 24.3 Å². The van der Waals surface area contributed by atoms with Crippen LogP contribution in [-0.2, 0) is 14.9 Å². The standard InChI is InChI=1S/C25H47NO6S/c1-3-5-7-9-11-13-15-17-19-23(27)22(21-33(30,31)32)26-25(29)24(28)20-18-16-14-12-10-8-6-4-2/h14,16-17,19,22-24,27-28H,3-13,15,18,20-21H2,1-2H3,(H,26,29)(H,30,31,32)/b16-14-,19-17+. The Morgan fingerprint density at radius 2 is 1.33 bits per heavy atom. The summed E-state index contributed by atoms with van der Waals surface area (Å²) < 4.78 is 31.9. The van der Waals surface area contributed by atoms with Gasteiger partial charge in [0.1, 0.15) is 6.10 Å². The molecule has 1 amide bonds. The van der Waals surface area contributed by atoms with Crippen molar-refractivity contribution in [2.24, 2.45) is 0 Å². The van der Waals surface area contributed by atoms with E-state index in [4.69, 9.17) is 0 Å². The van der Waals surface area contributed by atoms with Gasteiger partial charge in [0.15, 0.2) is 0 Å². The third-order valence-electron chi connectivity index (χ3n) is 5.49. The lowest BCUT2D eigenvalue weighted by atomic mass is 10.1. The van der Waals surface area contributed by atoms with E-state index in [1.165, 1.54) is 44.6 Å². The normalized spacial score (nSPS) is 15.2. The molecule has 0 aromatic rings. The lowest BCUT2D eigenvalue weighted by Crippen LogP contribution is -2.50. The Bertz CT molecular complexity index is 647. The predicted octanol–water partition coefficient (Wildman–Crippen LogP) is 4.69. The van der Waals surface area contributed by atoms with Gasteiger partial charge in [0, 0.05) is 0 Å². The molecule has 194 valence electrons. The highest BCUT2D eigenvalue weighted by Crippen LogP contribution is 2.09. The van der Waals surface area contributed by atoms with E-state index in [0.717, 1.165) is 38.5 Å². The Labute approximate surface area is 201 Å². The van der Waals surface area contributed by atoms with E-state index in [2.05, 4.69) is 19.2 Å². The highest BCUT2D eigenvalue weighted by Gasteiger charge is 2.27. The Balaban J connectivity index is 4.50. The van der Waals surface area contributed by atoms with Crippen LogP contribution in [0, 0.1) is 0 Å². The average Bonchev–Trinajstić information content (AvgIpc) is 2.75. The molecule has 0 radical (unpaired) electrons. The lowest BCUT2D eigenvalue weighted by Gasteiger charge is -2.22. The van der Waals surface area contributed by atoms with Gasteiger partial charge in [-0.3, -0.25) is 9.35 Å². The van der Waals surface area contributed by atoms with Crippen LogP contribution >= 0.6 is 0 Å². The zero-order valence-electron chi connectivity index (χ0n) is 20.6. The Morgan fingerprint density at radius 3 is 1.94 bits per heavy atom. The zero-order valence-corrected chi connectivity index (χ0v) is 21.4. The molecule has 0 fully saturated rings. The van der Waals surface area contributed by atoms with E-state index in [0.29, 0.717) is 6.42 Å². The van der Waals surface area contributed by atoms with Gasteiger partial charge in [-0.05, 0) is 38.5 Å². The Kier molecular flexibility index (Phi) is 19.4. The second-order valence-electron chi connectivity index (χ2n) is 8.75. The number of carbonyl (C=O) groups excluding carboxylic acids is 1. The van der Waals surface area contributed by atoms with E-state index in [1.807, 2.05) is 12.2 Å². The van der Waals surface area contributed by atoms with Gasteiger partial charge in [-0.15, -0.1) is 0 Å². The molecule has 8 heteroatoms. The van der Waals surface area contributed by atoms with Gasteiger partial charge in [-0.2, -0.15) is 8.42 Å². The van der Waals surface area contributed by atoms with Crippen molar-refractivity contribution in [3.05, 3.63) is 24.3 Å². The fourth-order valence-corrected chi connectivity index (χ4v) is 4.19. The number of amides is 1. The minimum absolute atomic E-state index is 0.194. The molecule has 0 aromatic heterocycles. The fraction of sp³-hybridized carbons (Fsp3) is 0.800. The average molecular weight is 490 g/mol. The summed E-state index contributed by atoms with van der Waals surface area (Å²) in [6.07, 6.45) is 18.6. The summed E-state index contributed by atoms with van der Waals surface area (Å²) in [5.74, 6) is -1.59. The fourth-order valence-electron chi connectivity index (χ4n) is 3.45. The van der Waals surface area contributed by atoms with Gasteiger partial charge in [0.05, 0.1) is 17.9 Å². The van der Waals surface area contributed by atoms with E-state index in [1.54, 1.807) is 6.08 Å². The number of nitrogens with one attached hydrogen (secondary N) is 1. The molecule has 0 aliphatic carbocycles. The first-order valence-corrected chi connectivity index (χ1v) is 14.3. The van der Waals surface area contributed by atoms with Crippen molar-refractivity contribution < 1.29 is 28.0 Å². The molecular formula is C25H47NO6S. The molecule has 0 saturated heterocycles. The summed E-state index contributed by atoms with van der Waals surface area (Å²) in [5, 5.41) is 22.8. The SMILES string of the molecule is CCCCCC/C=C\CCC(O)C(=O)NC(CS(=O)(=O)O)C(O)/C=C/CCCCCCCC. The summed E-state index contributed by atoms with van der Waals surface area (Å²) in [5.41, 5.74) is 0. The number of aliphatic hydroxyl groups is 2. The molecular weight excluding hydrogens is 442 g/mol. The maximum Gasteiger partial charge on any atom is 0.267 e. The first-order chi connectivity index (χ1) is 15.7. The Hall–Kier alpha value is -1.22. The van der Waals surface area contributed by atoms with Gasteiger partial charge >= 0.3 is 0 Å². The van der Waals surface area contributed by atoms with Crippen molar-refractivity contribution in [1.82, 2.24) is 5.32 Å². The molecule has 4 N–H and O–H groups in total. The maximum atomic E-state index is 12.3. The van der Waals surface area contributed by atoms with E-state index < -0.39 is 40.0 Å². The summed E-state index contributed by atoms with van der Waals surface area (Å²) >= 11 is 0. The topological polar surface area (TPSA) is 124 Å². The quantitative estimate of drug-likeness (QED) is 0.105. The molecule has 0 aliphatic rings. The van der Waals surface area contributed by atoms with Crippen LogP contribution in [0.3, 0.4) is 0 Å². The van der Waals surface area contributed by atoms with Crippen molar-refractivity contribution in [2.75, 3.05) is 5.75 Å². The molecule has 0 aromatic carbocycles. The van der Waals surface area contributed by atoms with Crippen LogP contribution in [0.4, 0.5) is 0 Å². The van der Waals surface area contributed by atoms with Crippen molar-refractivity contribution in [3.8, 4) is 0 Å². The number of unbranched alkanes of at least 4 members (excludes halogenated alkanes) is 10. The first-order valence-electron chi connectivity index (χ1n) is 12.6. The summed E-state index contributed by atoms with van der Waals surface area (Å²) in [6, 6.07) is -1.24. The van der Waals surface area contributed by atoms with E-state index >= 15 is 0 Å². The third kappa shape index (κ3) is 19.9. The van der Waals surface area contributed by atoms with Crippen LogP contribution in [0.2, 0.25) is 0 Å². The van der Waals surface area contributed by atoms with Gasteiger partial charge < -0.3 is 15.5 Å². The molecule has 0 saturated carbocycles. The number of hydrogen-bond acceptors (Lipinski definition) is 5. The number of aliphatic hydroxyl groups excluding tert-OH is 2. The molecule has 0 heterocycles. The van der Waals surface area contributed by atoms with Gasteiger partial charge in [-0.1, -0.05) is 89.5 Å². The van der Waals surface area contributed by atoms with Crippen LogP contribution in [0.25, 0.3) is 0 Å². The second-order valence-corrected chi connectivity index (χ2v) is 10.2. The van der Waals surface area contributed by atoms with Crippen LogP contribution < -0.4 is 5.32 Å². The second kappa shape index (κ2) is 20.2. The van der Waals surface area contributed by atoms with Crippen molar-refractivity contribution >= 4 is 16.0 Å². The van der Waals surface area contributed by atoms with Crippen LogP contribution in [0.5, 0.6) is 0 Å². The molecule has 0 rings (SSSR count). The largest absolute Gasteiger partial charge is 0.387 e. The lowest BCUT2D eigenvalue weighted by molar-refractivity contribution is -0.130. The number of allylic oxidation sites excluding steroid dienone is 3. The zero-order chi connectivity index (χ0) is 25.0. The molecule has 0 aliphatic heterocycles. The summed E-state index contributed by atoms with van der Waals surface area (Å²) in [4.78, 5) is 12.3. The minimum Gasteiger partial charge on any atom is -0.387 e. The minimum atomic E-state index is -4.42. The Morgan fingerprint density at radius 1 is 0.818 bits per heavy atom. The highest BCUT2D eigenvalue weighted by molar-refractivity contribution is 7.85. The predicted molar refractivity (Wildman–Crippen MR) is 135 cm³/mol. The monoisotopic (exact) mass is 489 g/mol. The van der Waals surface area contributed by atoms with Crippen molar-refractivity contribution in [2.45, 2.75) is 122 Å². The van der Waals surface area contributed by atoms with Crippen LogP contribution in [-0.4, -0.2) is 53.1 Å². The van der Waals surface area contributed by atoms with Crippen molar-refractivity contribution in [1.29, 1.82) is 0 Å². The van der Waals surface area contributed by atoms with Gasteiger partial charge in [0.2, 0.25) is 5.91 Å². The maximum absolute atomic E-state index is 12.3.